The molecule has 0 aromatic carbocycles. The van der Waals surface area contributed by atoms with Crippen LogP contribution in [0.5, 0.6) is 0 Å². The van der Waals surface area contributed by atoms with E-state index in [1.807, 2.05) is 36.0 Å². The van der Waals surface area contributed by atoms with Gasteiger partial charge in [0.05, 0.1) is 0 Å². The number of carbonyl (C=O) groups excluding carboxylic acids is 2. The number of carboxylic acids is 2. The number of fused-ring (bicyclic) bond motifs is 1. The maximum Gasteiger partial charge on any atom is 0.352 e. The topological polar surface area (TPSA) is 188 Å². The highest BCUT2D eigenvalue weighted by Gasteiger charge is 2.54. The van der Waals surface area contributed by atoms with Crippen LogP contribution in [0.1, 0.15) is 19.5 Å². The Labute approximate surface area is 235 Å². The van der Waals surface area contributed by atoms with Crippen LogP contribution in [0.25, 0.3) is 0 Å². The summed E-state index contributed by atoms with van der Waals surface area (Å²) in [6.45, 7) is 4.10. The van der Waals surface area contributed by atoms with E-state index in [2.05, 4.69) is 15.5 Å². The average molecular weight is 594 g/mol. The summed E-state index contributed by atoms with van der Waals surface area (Å²) in [6, 6.07) is 2.87. The summed E-state index contributed by atoms with van der Waals surface area (Å²) < 4.78 is 2.01. The number of hydrogen-bond donors (Lipinski definition) is 4. The van der Waals surface area contributed by atoms with Gasteiger partial charge in [-0.2, -0.15) is 0 Å². The number of aromatic nitrogens is 2. The fourth-order valence-corrected chi connectivity index (χ4v) is 6.62. The number of thioether (sulfide) groups is 2. The van der Waals surface area contributed by atoms with E-state index < -0.39 is 41.3 Å². The Balaban J connectivity index is 1.49. The van der Waals surface area contributed by atoms with Gasteiger partial charge in [-0.3, -0.25) is 14.5 Å². The van der Waals surface area contributed by atoms with E-state index in [0.717, 1.165) is 22.8 Å². The molecule has 0 saturated carbocycles. The number of anilines is 1. The second-order valence-electron chi connectivity index (χ2n) is 8.37. The number of aryl methyl sites for hydroxylation is 1. The lowest BCUT2D eigenvalue weighted by atomic mass is 10.0. The smallest absolute Gasteiger partial charge is 0.352 e. The van der Waals surface area contributed by atoms with Crippen molar-refractivity contribution < 1.29 is 38.8 Å². The highest BCUT2D eigenvalue weighted by Crippen LogP contribution is 2.41. The van der Waals surface area contributed by atoms with Crippen molar-refractivity contribution in [2.45, 2.75) is 42.8 Å². The molecule has 2 amide bonds. The van der Waals surface area contributed by atoms with Crippen molar-refractivity contribution in [3.63, 3.8) is 0 Å². The van der Waals surface area contributed by atoms with E-state index in [1.165, 1.54) is 40.7 Å². The quantitative estimate of drug-likeness (QED) is 0.0946. The van der Waals surface area contributed by atoms with Crippen molar-refractivity contribution in [3.05, 3.63) is 46.9 Å². The molecule has 3 atom stereocenters. The molecule has 1 saturated heterocycles. The van der Waals surface area contributed by atoms with Crippen LogP contribution < -0.4 is 15.6 Å². The van der Waals surface area contributed by atoms with Crippen LogP contribution in [0.2, 0.25) is 0 Å². The predicted octanol–water partition coefficient (Wildman–Crippen LogP) is 0.757. The van der Waals surface area contributed by atoms with Gasteiger partial charge in [-0.05, 0) is 19.4 Å². The minimum Gasteiger partial charge on any atom is -0.478 e. The number of β-lactam (4-membered cyclic amide) rings is 1. The minimum atomic E-state index is -1.35. The number of hydrogen-bond acceptors (Lipinski definition) is 11. The molecule has 2 aromatic rings. The molecule has 16 heteroatoms. The number of nitrogens with one attached hydrogen (secondary N) is 1. The summed E-state index contributed by atoms with van der Waals surface area (Å²) in [5.74, 6) is -3.19. The molecule has 13 nitrogen and oxygen atoms in total. The van der Waals surface area contributed by atoms with Crippen molar-refractivity contribution >= 4 is 69.5 Å². The number of pyridine rings is 1. The van der Waals surface area contributed by atoms with Crippen molar-refractivity contribution in [2.24, 2.45) is 5.16 Å². The first-order valence-corrected chi connectivity index (χ1v) is 14.5. The molecule has 2 unspecified atom stereocenters. The number of nitrogen functional groups attached to an aromatic ring is 1. The molecule has 206 valence electrons. The maximum absolute atomic E-state index is 13.1. The van der Waals surface area contributed by atoms with Crippen LogP contribution >= 0.6 is 34.9 Å². The number of nitrogens with two attached hydrogens (primary N) is 1. The Morgan fingerprint density at radius 3 is 2.67 bits per heavy atom. The number of thiazole rings is 1. The summed E-state index contributed by atoms with van der Waals surface area (Å²) in [5.41, 5.74) is 5.87. The van der Waals surface area contributed by atoms with Gasteiger partial charge in [0.25, 0.3) is 11.8 Å². The molecular formula is C23H25N6O7S3+. The van der Waals surface area contributed by atoms with Crippen LogP contribution in [0.4, 0.5) is 5.13 Å². The van der Waals surface area contributed by atoms with Crippen molar-refractivity contribution in [3.8, 4) is 0 Å². The first kappa shape index (κ1) is 28.4. The fourth-order valence-electron chi connectivity index (χ4n) is 3.70. The third kappa shape index (κ3) is 6.17. The number of oxime groups is 1. The summed E-state index contributed by atoms with van der Waals surface area (Å²) in [4.78, 5) is 60.5. The highest BCUT2D eigenvalue weighted by molar-refractivity contribution is 8.01. The van der Waals surface area contributed by atoms with E-state index in [-0.39, 0.29) is 22.2 Å². The normalized spacial score (nSPS) is 19.7. The fraction of sp³-hybridized carbons (Fsp3) is 0.348. The van der Waals surface area contributed by atoms with Gasteiger partial charge in [0, 0.05) is 33.9 Å². The number of rotatable bonds is 11. The molecule has 2 aromatic heterocycles. The molecule has 0 bridgehead atoms. The Morgan fingerprint density at radius 2 is 2.08 bits per heavy atom. The molecular weight excluding hydrogens is 568 g/mol. The molecule has 5 N–H and O–H groups in total. The van der Waals surface area contributed by atoms with E-state index in [0.29, 0.717) is 17.1 Å². The van der Waals surface area contributed by atoms with E-state index >= 15 is 0 Å². The number of carboxylic acid groups (broad SMARTS) is 2. The summed E-state index contributed by atoms with van der Waals surface area (Å²) in [6.07, 6.45) is 2.54. The van der Waals surface area contributed by atoms with Crippen molar-refractivity contribution in [1.82, 2.24) is 15.2 Å². The molecule has 2 aliphatic heterocycles. The predicted molar refractivity (Wildman–Crippen MR) is 144 cm³/mol. The Kier molecular flexibility index (Phi) is 8.76. The van der Waals surface area contributed by atoms with Crippen LogP contribution in [-0.4, -0.2) is 78.6 Å². The maximum atomic E-state index is 13.1. The first-order valence-electron chi connectivity index (χ1n) is 11.6. The molecule has 0 radical (unpaired) electrons. The zero-order valence-electron chi connectivity index (χ0n) is 20.8. The number of nitrogens with zero attached hydrogens (tertiary/aromatic N) is 4. The van der Waals surface area contributed by atoms with Gasteiger partial charge >= 0.3 is 11.9 Å². The minimum absolute atomic E-state index is 0.0447. The molecule has 0 aliphatic carbocycles. The van der Waals surface area contributed by atoms with Crippen LogP contribution in [0, 0.1) is 0 Å². The van der Waals surface area contributed by atoms with Crippen LogP contribution in [0.15, 0.2) is 51.2 Å². The third-order valence-corrected chi connectivity index (χ3v) is 8.92. The molecule has 0 spiro atoms. The average Bonchev–Trinajstić information content (AvgIpc) is 3.35. The second-order valence-corrected chi connectivity index (χ2v) is 11.4. The third-order valence-electron chi connectivity index (χ3n) is 5.80. The highest BCUT2D eigenvalue weighted by atomic mass is 32.2. The number of aliphatic carboxylic acids is 2. The van der Waals surface area contributed by atoms with E-state index in [9.17, 15) is 24.3 Å². The van der Waals surface area contributed by atoms with Gasteiger partial charge in [0.1, 0.15) is 29.4 Å². The molecule has 39 heavy (non-hydrogen) atoms. The van der Waals surface area contributed by atoms with Gasteiger partial charge in [0.2, 0.25) is 6.10 Å². The number of carbonyl (C=O) groups is 4. The summed E-state index contributed by atoms with van der Waals surface area (Å²) in [5, 5.41) is 26.1. The first-order chi connectivity index (χ1) is 18.6. The lowest BCUT2D eigenvalue weighted by Crippen LogP contribution is -2.71. The standard InChI is InChI=1S/C23H24N6O7S3/c1-3-28-6-4-13(5-7-28)37-8-12-9-38-20-16(19(31)29(20)17(12)22(34)35)26-18(30)15(14-10-39-23(24)25-14)27-36-11(2)21(32)33/h4-7,10-11,16,20H,3,8-9H2,1-2H3,(H4-,24,25,26,30,32,33,34,35)/p+1/b27-15-/t11-,16?,20?/m1/s1. The molecule has 2 aliphatic rings. The Bertz CT molecular complexity index is 1360. The molecule has 4 heterocycles. The zero-order chi connectivity index (χ0) is 28.3. The summed E-state index contributed by atoms with van der Waals surface area (Å²) >= 11 is 3.85. The monoisotopic (exact) mass is 593 g/mol. The zero-order valence-corrected chi connectivity index (χ0v) is 23.2. The summed E-state index contributed by atoms with van der Waals surface area (Å²) in [7, 11) is 0. The van der Waals surface area contributed by atoms with Gasteiger partial charge < -0.3 is 26.1 Å². The lowest BCUT2D eigenvalue weighted by molar-refractivity contribution is -0.693. The van der Waals surface area contributed by atoms with Crippen LogP contribution in [0.3, 0.4) is 0 Å². The van der Waals surface area contributed by atoms with Gasteiger partial charge in [-0.15, -0.1) is 34.9 Å². The largest absolute Gasteiger partial charge is 0.478 e. The van der Waals surface area contributed by atoms with Crippen molar-refractivity contribution in [2.75, 3.05) is 17.2 Å². The van der Waals surface area contributed by atoms with Gasteiger partial charge in [-0.25, -0.2) is 19.1 Å². The van der Waals surface area contributed by atoms with E-state index in [1.54, 1.807) is 0 Å². The Hall–Kier alpha value is -3.63. The SMILES string of the molecule is CC[n+]1ccc(SCC2=C(C(=O)O)N3C(=O)C(NC(=O)/C(=N\O[C@H](C)C(=O)O)c4csc(N)n4)C3SC2)cc1. The van der Waals surface area contributed by atoms with E-state index in [4.69, 9.17) is 15.7 Å². The van der Waals surface area contributed by atoms with Crippen molar-refractivity contribution in [1.29, 1.82) is 0 Å². The van der Waals surface area contributed by atoms with Crippen LogP contribution in [-0.2, 0) is 30.6 Å². The second kappa shape index (κ2) is 12.0. The molecule has 4 rings (SSSR count). The Morgan fingerprint density at radius 1 is 1.36 bits per heavy atom. The number of amides is 2. The lowest BCUT2D eigenvalue weighted by Gasteiger charge is -2.49. The van der Waals surface area contributed by atoms with Gasteiger partial charge in [0.15, 0.2) is 23.2 Å². The van der Waals surface area contributed by atoms with Gasteiger partial charge in [-0.1, -0.05) is 5.16 Å². The molecule has 1 fully saturated rings.